The highest BCUT2D eigenvalue weighted by molar-refractivity contribution is 6.19. The van der Waals surface area contributed by atoms with Gasteiger partial charge in [-0.25, -0.2) is 0 Å². The van der Waals surface area contributed by atoms with Crippen LogP contribution in [0.25, 0.3) is 82.5 Å². The summed E-state index contributed by atoms with van der Waals surface area (Å²) in [6.45, 7) is 0.459. The summed E-state index contributed by atoms with van der Waals surface area (Å²) in [5.74, 6) is 0. The number of fused-ring (bicyclic) bond motifs is 9. The molecule has 0 aliphatic heterocycles. The van der Waals surface area contributed by atoms with E-state index in [9.17, 15) is 0 Å². The van der Waals surface area contributed by atoms with Gasteiger partial charge in [-0.3, -0.25) is 0 Å². The van der Waals surface area contributed by atoms with Crippen LogP contribution in [-0.4, -0.2) is 4.57 Å². The van der Waals surface area contributed by atoms with Crippen LogP contribution >= 0.6 is 0 Å². The fourth-order valence-electron chi connectivity index (χ4n) is 6.70. The zero-order valence-corrected chi connectivity index (χ0v) is 22.1. The molecule has 9 aromatic rings. The van der Waals surface area contributed by atoms with Crippen LogP contribution in [0.4, 0.5) is 0 Å². The Balaban J connectivity index is 1.39. The SMILES string of the molecule is NCc1cccc2oc3ccc(-c4cccc5oc6cccc(-n7c8ccccc8c8ccccc87)c6c45)cc3c12. The van der Waals surface area contributed by atoms with Crippen LogP contribution in [0.3, 0.4) is 0 Å². The van der Waals surface area contributed by atoms with Gasteiger partial charge in [0.15, 0.2) is 0 Å². The first-order chi connectivity index (χ1) is 20.3. The maximum absolute atomic E-state index is 6.51. The predicted octanol–water partition coefficient (Wildman–Crippen LogP) is 9.71. The number of nitrogens with two attached hydrogens (primary N) is 1. The average Bonchev–Trinajstić information content (AvgIpc) is 3.70. The number of aromatic nitrogens is 1. The zero-order chi connectivity index (χ0) is 27.1. The summed E-state index contributed by atoms with van der Waals surface area (Å²) >= 11 is 0. The number of furan rings is 2. The lowest BCUT2D eigenvalue weighted by Gasteiger charge is -2.11. The first-order valence-corrected chi connectivity index (χ1v) is 13.9. The van der Waals surface area contributed by atoms with Crippen molar-refractivity contribution in [3.05, 3.63) is 127 Å². The Bertz CT molecular complexity index is 2420. The Morgan fingerprint density at radius 2 is 1.15 bits per heavy atom. The van der Waals surface area contributed by atoms with Gasteiger partial charge in [-0.1, -0.05) is 72.8 Å². The Labute approximate surface area is 234 Å². The van der Waals surface area contributed by atoms with Gasteiger partial charge in [-0.2, -0.15) is 0 Å². The van der Waals surface area contributed by atoms with E-state index in [0.29, 0.717) is 6.54 Å². The van der Waals surface area contributed by atoms with Gasteiger partial charge in [-0.05, 0) is 65.2 Å². The molecule has 0 atom stereocenters. The Morgan fingerprint density at radius 1 is 0.512 bits per heavy atom. The van der Waals surface area contributed by atoms with Crippen LogP contribution in [0.2, 0.25) is 0 Å². The average molecular weight is 529 g/mol. The molecule has 0 aliphatic carbocycles. The summed E-state index contributed by atoms with van der Waals surface area (Å²) in [7, 11) is 0. The molecule has 3 heterocycles. The van der Waals surface area contributed by atoms with E-state index in [1.54, 1.807) is 0 Å². The maximum Gasteiger partial charge on any atom is 0.137 e. The summed E-state index contributed by atoms with van der Waals surface area (Å²) in [4.78, 5) is 0. The highest BCUT2D eigenvalue weighted by Crippen LogP contribution is 2.43. The number of hydrogen-bond acceptors (Lipinski definition) is 3. The van der Waals surface area contributed by atoms with Crippen LogP contribution in [0.5, 0.6) is 0 Å². The molecule has 0 radical (unpaired) electrons. The molecule has 41 heavy (non-hydrogen) atoms. The Kier molecular flexibility index (Phi) is 4.58. The highest BCUT2D eigenvalue weighted by atomic mass is 16.3. The number of benzene rings is 6. The third kappa shape index (κ3) is 3.08. The van der Waals surface area contributed by atoms with Crippen LogP contribution < -0.4 is 5.73 Å². The molecule has 0 aliphatic rings. The number of hydrogen-bond donors (Lipinski definition) is 1. The zero-order valence-electron chi connectivity index (χ0n) is 22.1. The Morgan fingerprint density at radius 3 is 1.90 bits per heavy atom. The Hall–Kier alpha value is -5.32. The summed E-state index contributed by atoms with van der Waals surface area (Å²) < 4.78 is 15.1. The molecule has 2 N–H and O–H groups in total. The molecule has 9 rings (SSSR count). The van der Waals surface area contributed by atoms with E-state index < -0.39 is 0 Å². The van der Waals surface area contributed by atoms with E-state index in [4.69, 9.17) is 14.6 Å². The largest absolute Gasteiger partial charge is 0.456 e. The van der Waals surface area contributed by atoms with Crippen molar-refractivity contribution >= 4 is 65.7 Å². The molecule has 4 heteroatoms. The minimum Gasteiger partial charge on any atom is -0.456 e. The normalized spacial score (nSPS) is 12.1. The second kappa shape index (κ2) is 8.34. The van der Waals surface area contributed by atoms with Gasteiger partial charge in [0, 0.05) is 33.5 Å². The fraction of sp³-hybridized carbons (Fsp3) is 0.0270. The third-order valence-corrected chi connectivity index (χ3v) is 8.43. The van der Waals surface area contributed by atoms with Gasteiger partial charge in [-0.15, -0.1) is 0 Å². The summed E-state index contributed by atoms with van der Waals surface area (Å²) in [6.07, 6.45) is 0. The second-order valence-corrected chi connectivity index (χ2v) is 10.6. The van der Waals surface area contributed by atoms with Crippen molar-refractivity contribution in [2.24, 2.45) is 5.73 Å². The second-order valence-electron chi connectivity index (χ2n) is 10.6. The lowest BCUT2D eigenvalue weighted by molar-refractivity contribution is 0.668. The molecular weight excluding hydrogens is 504 g/mol. The first kappa shape index (κ1) is 22.5. The topological polar surface area (TPSA) is 57.2 Å². The molecule has 0 bridgehead atoms. The van der Waals surface area contributed by atoms with E-state index in [2.05, 4.69) is 114 Å². The van der Waals surface area contributed by atoms with Crippen molar-refractivity contribution in [2.45, 2.75) is 6.54 Å². The van der Waals surface area contributed by atoms with Gasteiger partial charge in [0.1, 0.15) is 22.3 Å². The van der Waals surface area contributed by atoms with Gasteiger partial charge < -0.3 is 19.1 Å². The van der Waals surface area contributed by atoms with Crippen molar-refractivity contribution in [1.29, 1.82) is 0 Å². The number of rotatable bonds is 3. The van der Waals surface area contributed by atoms with Gasteiger partial charge in [0.2, 0.25) is 0 Å². The van der Waals surface area contributed by atoms with Crippen molar-refractivity contribution in [1.82, 2.24) is 4.57 Å². The van der Waals surface area contributed by atoms with E-state index in [0.717, 1.165) is 66.3 Å². The summed E-state index contributed by atoms with van der Waals surface area (Å²) in [5.41, 5.74) is 16.3. The van der Waals surface area contributed by atoms with Crippen molar-refractivity contribution in [2.75, 3.05) is 0 Å². The molecule has 0 unspecified atom stereocenters. The molecule has 4 nitrogen and oxygen atoms in total. The summed E-state index contributed by atoms with van der Waals surface area (Å²) in [6, 6.07) is 42.4. The van der Waals surface area contributed by atoms with Crippen molar-refractivity contribution < 1.29 is 8.83 Å². The van der Waals surface area contributed by atoms with Crippen LogP contribution in [0.1, 0.15) is 5.56 Å². The van der Waals surface area contributed by atoms with Crippen molar-refractivity contribution in [3.8, 4) is 16.8 Å². The first-order valence-electron chi connectivity index (χ1n) is 13.9. The molecule has 0 amide bonds. The minimum absolute atomic E-state index is 0.459. The van der Waals surface area contributed by atoms with Crippen LogP contribution in [-0.2, 0) is 6.54 Å². The molecule has 0 saturated carbocycles. The molecule has 0 spiro atoms. The standard InChI is InChI=1S/C37H24N2O2/c38-21-23-8-5-15-32-35(23)27-20-22(18-19-31(27)40-32)24-11-6-16-33-36(24)37-30(14-7-17-34(37)41-33)39-28-12-3-1-9-25(28)26-10-2-4-13-29(26)39/h1-20H,21,38H2. The minimum atomic E-state index is 0.459. The van der Waals surface area contributed by atoms with Gasteiger partial charge in [0.25, 0.3) is 0 Å². The van der Waals surface area contributed by atoms with E-state index in [1.165, 1.54) is 21.8 Å². The molecule has 0 saturated heterocycles. The van der Waals surface area contributed by atoms with E-state index in [1.807, 2.05) is 12.1 Å². The summed E-state index contributed by atoms with van der Waals surface area (Å²) in [5, 5.41) is 6.84. The molecule has 0 fully saturated rings. The van der Waals surface area contributed by atoms with Gasteiger partial charge >= 0.3 is 0 Å². The maximum atomic E-state index is 6.51. The predicted molar refractivity (Wildman–Crippen MR) is 169 cm³/mol. The lowest BCUT2D eigenvalue weighted by atomic mass is 9.96. The molecule has 3 aromatic heterocycles. The number of nitrogens with zero attached hydrogens (tertiary/aromatic N) is 1. The molecular formula is C37H24N2O2. The molecule has 194 valence electrons. The fourth-order valence-corrected chi connectivity index (χ4v) is 6.70. The number of para-hydroxylation sites is 2. The quantitative estimate of drug-likeness (QED) is 0.248. The van der Waals surface area contributed by atoms with Crippen LogP contribution in [0, 0.1) is 0 Å². The molecule has 6 aromatic carbocycles. The van der Waals surface area contributed by atoms with E-state index >= 15 is 0 Å². The smallest absolute Gasteiger partial charge is 0.137 e. The third-order valence-electron chi connectivity index (χ3n) is 8.43. The van der Waals surface area contributed by atoms with Crippen LogP contribution in [0.15, 0.2) is 130 Å². The van der Waals surface area contributed by atoms with Crippen molar-refractivity contribution in [3.63, 3.8) is 0 Å². The highest BCUT2D eigenvalue weighted by Gasteiger charge is 2.20. The monoisotopic (exact) mass is 528 g/mol. The van der Waals surface area contributed by atoms with E-state index in [-0.39, 0.29) is 0 Å². The van der Waals surface area contributed by atoms with Gasteiger partial charge in [0.05, 0.1) is 22.1 Å². The lowest BCUT2D eigenvalue weighted by Crippen LogP contribution is -1.96.